The average Bonchev–Trinajstić information content (AvgIpc) is 2.66. The molecule has 0 aromatic heterocycles. The summed E-state index contributed by atoms with van der Waals surface area (Å²) in [4.78, 5) is 45.9. The van der Waals surface area contributed by atoms with Gasteiger partial charge in [-0.3, -0.25) is 9.59 Å². The normalized spacial score (nSPS) is 11.1. The van der Waals surface area contributed by atoms with Crippen molar-refractivity contribution in [2.45, 2.75) is 19.1 Å². The van der Waals surface area contributed by atoms with E-state index < -0.39 is 29.9 Å². The zero-order valence-electron chi connectivity index (χ0n) is 14.9. The standard InChI is InChI=1S/C17H23N3O6S/c1-27-8-7-13(16(23)24)20-15(22)10-18-14(21)9-19-17(25)26-11-12-5-3-2-4-6-12/h2-6,13H,7-11H2,1H3,(H,18,21)(H,19,25)(H,20,22)(H,23,24)/t13-/m0/s1. The molecule has 0 bridgehead atoms. The highest BCUT2D eigenvalue weighted by Gasteiger charge is 2.19. The van der Waals surface area contributed by atoms with Crippen LogP contribution in [0.25, 0.3) is 0 Å². The number of hydrogen-bond acceptors (Lipinski definition) is 6. The van der Waals surface area contributed by atoms with Gasteiger partial charge in [0, 0.05) is 0 Å². The van der Waals surface area contributed by atoms with Crippen molar-refractivity contribution in [2.24, 2.45) is 0 Å². The van der Waals surface area contributed by atoms with E-state index in [4.69, 9.17) is 9.84 Å². The second-order valence-electron chi connectivity index (χ2n) is 5.43. The lowest BCUT2D eigenvalue weighted by molar-refractivity contribution is -0.141. The summed E-state index contributed by atoms with van der Waals surface area (Å²) in [5, 5.41) is 15.9. The fourth-order valence-corrected chi connectivity index (χ4v) is 2.38. The minimum Gasteiger partial charge on any atom is -0.480 e. The summed E-state index contributed by atoms with van der Waals surface area (Å²) in [6, 6.07) is 8.04. The van der Waals surface area contributed by atoms with Crippen LogP contribution in [0.4, 0.5) is 4.79 Å². The van der Waals surface area contributed by atoms with Crippen molar-refractivity contribution in [2.75, 3.05) is 25.1 Å². The smallest absolute Gasteiger partial charge is 0.407 e. The van der Waals surface area contributed by atoms with Crippen LogP contribution in [0.2, 0.25) is 0 Å². The van der Waals surface area contributed by atoms with E-state index in [1.165, 1.54) is 11.8 Å². The van der Waals surface area contributed by atoms with Gasteiger partial charge in [-0.1, -0.05) is 30.3 Å². The maximum Gasteiger partial charge on any atom is 0.407 e. The van der Waals surface area contributed by atoms with E-state index in [0.29, 0.717) is 5.75 Å². The molecule has 1 aromatic rings. The van der Waals surface area contributed by atoms with Crippen LogP contribution in [-0.4, -0.2) is 60.1 Å². The molecule has 0 radical (unpaired) electrons. The molecule has 27 heavy (non-hydrogen) atoms. The molecule has 0 saturated heterocycles. The summed E-state index contributed by atoms with van der Waals surface area (Å²) in [6.45, 7) is -0.679. The lowest BCUT2D eigenvalue weighted by Gasteiger charge is -2.14. The Balaban J connectivity index is 2.22. The van der Waals surface area contributed by atoms with Crippen LogP contribution in [0.15, 0.2) is 30.3 Å². The fourth-order valence-electron chi connectivity index (χ4n) is 1.91. The number of carboxylic acid groups (broad SMARTS) is 1. The van der Waals surface area contributed by atoms with E-state index in [1.54, 1.807) is 12.1 Å². The molecule has 4 N–H and O–H groups in total. The summed E-state index contributed by atoms with van der Waals surface area (Å²) in [7, 11) is 0. The van der Waals surface area contributed by atoms with Gasteiger partial charge in [-0.25, -0.2) is 9.59 Å². The first-order chi connectivity index (χ1) is 12.9. The molecule has 10 heteroatoms. The molecule has 3 amide bonds. The van der Waals surface area contributed by atoms with E-state index in [0.717, 1.165) is 5.56 Å². The molecular weight excluding hydrogens is 374 g/mol. The number of aliphatic carboxylic acids is 1. The van der Waals surface area contributed by atoms with Gasteiger partial charge in [-0.2, -0.15) is 11.8 Å². The number of rotatable bonds is 11. The predicted octanol–water partition coefficient (Wildman–Crippen LogP) is 0.352. The SMILES string of the molecule is CSCC[C@H](NC(=O)CNC(=O)CNC(=O)OCc1ccccc1)C(=O)O. The van der Waals surface area contributed by atoms with Gasteiger partial charge >= 0.3 is 12.1 Å². The number of carboxylic acids is 1. The fraction of sp³-hybridized carbons (Fsp3) is 0.412. The van der Waals surface area contributed by atoms with Crippen LogP contribution in [0, 0.1) is 0 Å². The number of alkyl carbamates (subject to hydrolysis) is 1. The van der Waals surface area contributed by atoms with Gasteiger partial charge < -0.3 is 25.8 Å². The minimum atomic E-state index is -1.13. The van der Waals surface area contributed by atoms with Crippen LogP contribution in [0.1, 0.15) is 12.0 Å². The maximum atomic E-state index is 11.7. The molecule has 0 spiro atoms. The van der Waals surface area contributed by atoms with Crippen LogP contribution in [0.5, 0.6) is 0 Å². The molecule has 0 aliphatic carbocycles. The van der Waals surface area contributed by atoms with Crippen LogP contribution >= 0.6 is 11.8 Å². The van der Waals surface area contributed by atoms with E-state index in [2.05, 4.69) is 16.0 Å². The van der Waals surface area contributed by atoms with Crippen LogP contribution in [0.3, 0.4) is 0 Å². The van der Waals surface area contributed by atoms with E-state index in [1.807, 2.05) is 24.5 Å². The predicted molar refractivity (Wildman–Crippen MR) is 100 cm³/mol. The van der Waals surface area contributed by atoms with Gasteiger partial charge in [0.1, 0.15) is 19.2 Å². The van der Waals surface area contributed by atoms with Crippen LogP contribution < -0.4 is 16.0 Å². The zero-order chi connectivity index (χ0) is 20.1. The number of nitrogens with one attached hydrogen (secondary N) is 3. The molecule has 1 rings (SSSR count). The molecule has 9 nitrogen and oxygen atoms in total. The monoisotopic (exact) mass is 397 g/mol. The average molecular weight is 397 g/mol. The zero-order valence-corrected chi connectivity index (χ0v) is 15.7. The number of amides is 3. The Kier molecular flexibility index (Phi) is 10.4. The number of benzene rings is 1. The highest BCUT2D eigenvalue weighted by Crippen LogP contribution is 2.01. The highest BCUT2D eigenvalue weighted by molar-refractivity contribution is 7.98. The van der Waals surface area contributed by atoms with Gasteiger partial charge in [-0.15, -0.1) is 0 Å². The van der Waals surface area contributed by atoms with Gasteiger partial charge in [0.25, 0.3) is 0 Å². The van der Waals surface area contributed by atoms with Crippen molar-refractivity contribution in [3.63, 3.8) is 0 Å². The van der Waals surface area contributed by atoms with Crippen molar-refractivity contribution in [3.05, 3.63) is 35.9 Å². The summed E-state index contributed by atoms with van der Waals surface area (Å²) in [5.74, 6) is -1.77. The topological polar surface area (TPSA) is 134 Å². The molecular formula is C17H23N3O6S. The molecule has 0 fully saturated rings. The van der Waals surface area contributed by atoms with Gasteiger partial charge in [0.15, 0.2) is 0 Å². The largest absolute Gasteiger partial charge is 0.480 e. The highest BCUT2D eigenvalue weighted by atomic mass is 32.2. The summed E-state index contributed by atoms with van der Waals surface area (Å²) >= 11 is 1.47. The quantitative estimate of drug-likeness (QED) is 0.423. The van der Waals surface area contributed by atoms with E-state index in [-0.39, 0.29) is 26.1 Å². The maximum absolute atomic E-state index is 11.7. The molecule has 1 aromatic carbocycles. The Labute approximate surface area is 161 Å². The second kappa shape index (κ2) is 12.6. The minimum absolute atomic E-state index is 0.0727. The first kappa shape index (κ1) is 22.3. The number of ether oxygens (including phenoxy) is 1. The number of carbonyl (C=O) groups is 4. The molecule has 0 unspecified atom stereocenters. The van der Waals surface area contributed by atoms with Crippen molar-refractivity contribution in [1.82, 2.24) is 16.0 Å². The van der Waals surface area contributed by atoms with Gasteiger partial charge in [0.05, 0.1) is 6.54 Å². The first-order valence-corrected chi connectivity index (χ1v) is 9.54. The van der Waals surface area contributed by atoms with Gasteiger partial charge in [-0.05, 0) is 24.0 Å². The van der Waals surface area contributed by atoms with E-state index in [9.17, 15) is 19.2 Å². The number of carbonyl (C=O) groups excluding carboxylic acids is 3. The van der Waals surface area contributed by atoms with Gasteiger partial charge in [0.2, 0.25) is 11.8 Å². The van der Waals surface area contributed by atoms with Crippen molar-refractivity contribution in [3.8, 4) is 0 Å². The van der Waals surface area contributed by atoms with Crippen LogP contribution in [-0.2, 0) is 25.7 Å². The lowest BCUT2D eigenvalue weighted by atomic mass is 10.2. The molecule has 0 aliphatic rings. The van der Waals surface area contributed by atoms with Crippen molar-refractivity contribution >= 4 is 35.6 Å². The van der Waals surface area contributed by atoms with E-state index >= 15 is 0 Å². The third-order valence-corrected chi connectivity index (χ3v) is 3.94. The second-order valence-corrected chi connectivity index (χ2v) is 6.42. The summed E-state index contributed by atoms with van der Waals surface area (Å²) in [5.41, 5.74) is 0.809. The first-order valence-electron chi connectivity index (χ1n) is 8.14. The molecule has 0 heterocycles. The Morgan fingerprint density at radius 3 is 2.37 bits per heavy atom. The summed E-state index contributed by atoms with van der Waals surface area (Å²) < 4.78 is 4.94. The Morgan fingerprint density at radius 1 is 1.07 bits per heavy atom. The Morgan fingerprint density at radius 2 is 1.74 bits per heavy atom. The molecule has 1 atom stereocenters. The lowest BCUT2D eigenvalue weighted by Crippen LogP contribution is -2.47. The Bertz CT molecular complexity index is 641. The third-order valence-electron chi connectivity index (χ3n) is 3.30. The molecule has 0 aliphatic heterocycles. The Hall–Kier alpha value is -2.75. The molecule has 148 valence electrons. The number of thioether (sulfide) groups is 1. The summed E-state index contributed by atoms with van der Waals surface area (Å²) in [6.07, 6.45) is 1.35. The number of hydrogen-bond donors (Lipinski definition) is 4. The van der Waals surface area contributed by atoms with Crippen molar-refractivity contribution in [1.29, 1.82) is 0 Å². The van der Waals surface area contributed by atoms with Crippen molar-refractivity contribution < 1.29 is 29.0 Å². The third kappa shape index (κ3) is 10.1. The molecule has 0 saturated carbocycles.